The monoisotopic (exact) mass is 468 g/mol. The third-order valence-electron chi connectivity index (χ3n) is 5.35. The third-order valence-corrected chi connectivity index (χ3v) is 5.35. The van der Waals surface area contributed by atoms with Crippen LogP contribution in [0.1, 0.15) is 30.0 Å². The molecule has 1 aliphatic rings. The molecule has 0 amide bonds. The Morgan fingerprint density at radius 1 is 1.00 bits per heavy atom. The Hall–Kier alpha value is -1.92. The zero-order valence-corrected chi connectivity index (χ0v) is 20.0. The minimum absolute atomic E-state index is 0. The fourth-order valence-electron chi connectivity index (χ4n) is 3.80. The molecule has 0 aliphatic carbocycles. The van der Waals surface area contributed by atoms with Crippen molar-refractivity contribution in [2.45, 2.75) is 25.5 Å². The molecule has 0 bridgehead atoms. The fourth-order valence-corrected chi connectivity index (χ4v) is 3.80. The van der Waals surface area contributed by atoms with Crippen molar-refractivity contribution >= 4 is 24.8 Å². The largest absolute Gasteiger partial charge is 0.493 e. The molecule has 0 aromatic heterocycles. The van der Waals surface area contributed by atoms with Gasteiger partial charge < -0.3 is 19.5 Å². The quantitative estimate of drug-likeness (QED) is 0.494. The summed E-state index contributed by atoms with van der Waals surface area (Å²) in [5, 5.41) is 3.44. The van der Waals surface area contributed by atoms with Gasteiger partial charge in [0, 0.05) is 43.9 Å². The molecule has 1 saturated heterocycles. The molecule has 0 spiro atoms. The van der Waals surface area contributed by atoms with Crippen molar-refractivity contribution in [1.29, 1.82) is 0 Å². The number of ether oxygens (including phenoxy) is 3. The van der Waals surface area contributed by atoms with Crippen molar-refractivity contribution in [3.05, 3.63) is 66.2 Å². The first-order chi connectivity index (χ1) is 14.3. The van der Waals surface area contributed by atoms with E-state index in [2.05, 4.69) is 35.0 Å². The Labute approximate surface area is 198 Å². The van der Waals surface area contributed by atoms with E-state index in [1.54, 1.807) is 14.2 Å². The second kappa shape index (κ2) is 14.2. The van der Waals surface area contributed by atoms with Gasteiger partial charge in [0.05, 0.1) is 14.2 Å². The van der Waals surface area contributed by atoms with Crippen LogP contribution >= 0.6 is 24.8 Å². The first kappa shape index (κ1) is 27.1. The summed E-state index contributed by atoms with van der Waals surface area (Å²) < 4.78 is 17.5. The van der Waals surface area contributed by atoms with E-state index in [0.29, 0.717) is 12.4 Å². The zero-order valence-electron chi connectivity index (χ0n) is 18.3. The highest BCUT2D eigenvalue weighted by molar-refractivity contribution is 5.85. The van der Waals surface area contributed by atoms with Gasteiger partial charge in [0.15, 0.2) is 11.5 Å². The van der Waals surface area contributed by atoms with Crippen LogP contribution in [0.15, 0.2) is 55.1 Å². The molecule has 0 saturated carbocycles. The number of benzene rings is 2. The summed E-state index contributed by atoms with van der Waals surface area (Å²) in [5.41, 5.74) is 2.28. The fraction of sp³-hybridized carbons (Fsp3) is 0.417. The van der Waals surface area contributed by atoms with Gasteiger partial charge in [-0.3, -0.25) is 4.90 Å². The predicted molar refractivity (Wildman–Crippen MR) is 131 cm³/mol. The van der Waals surface area contributed by atoms with Gasteiger partial charge in [-0.25, -0.2) is 0 Å². The van der Waals surface area contributed by atoms with E-state index in [0.717, 1.165) is 61.6 Å². The van der Waals surface area contributed by atoms with E-state index < -0.39 is 0 Å². The average molecular weight is 469 g/mol. The van der Waals surface area contributed by atoms with Crippen molar-refractivity contribution in [3.8, 4) is 17.2 Å². The number of nitrogens with zero attached hydrogens (tertiary/aromatic N) is 1. The van der Waals surface area contributed by atoms with Crippen molar-refractivity contribution in [1.82, 2.24) is 10.2 Å². The van der Waals surface area contributed by atoms with Gasteiger partial charge in [0.1, 0.15) is 12.4 Å². The van der Waals surface area contributed by atoms with Gasteiger partial charge in [0.25, 0.3) is 0 Å². The van der Waals surface area contributed by atoms with E-state index in [4.69, 9.17) is 14.2 Å². The first-order valence-electron chi connectivity index (χ1n) is 10.2. The molecule has 31 heavy (non-hydrogen) atoms. The molecule has 1 N–H and O–H groups in total. The molecule has 5 nitrogen and oxygen atoms in total. The molecule has 3 rings (SSSR count). The zero-order chi connectivity index (χ0) is 20.5. The second-order valence-electron chi connectivity index (χ2n) is 7.19. The molecule has 172 valence electrons. The maximum Gasteiger partial charge on any atom is 0.164 e. The lowest BCUT2D eigenvalue weighted by atomic mass is 9.97. The number of allylic oxidation sites excluding steroid dienone is 1. The maximum absolute atomic E-state index is 6.31. The van der Waals surface area contributed by atoms with Crippen LogP contribution in [-0.4, -0.2) is 45.3 Å². The van der Waals surface area contributed by atoms with Gasteiger partial charge in [-0.2, -0.15) is 0 Å². The molecular weight excluding hydrogens is 435 g/mol. The van der Waals surface area contributed by atoms with Gasteiger partial charge in [-0.05, 0) is 24.5 Å². The Morgan fingerprint density at radius 3 is 2.26 bits per heavy atom. The minimum Gasteiger partial charge on any atom is -0.493 e. The van der Waals surface area contributed by atoms with Crippen LogP contribution in [0.25, 0.3) is 0 Å². The van der Waals surface area contributed by atoms with Gasteiger partial charge in [-0.1, -0.05) is 36.4 Å². The second-order valence-corrected chi connectivity index (χ2v) is 7.19. The Balaban J connectivity index is 0.00000240. The standard InChI is InChI=1S/C24H32N2O3.2ClH/c1-4-5-11-21(26-14-12-25-13-15-26)20-16-23(27-2)24(28-3)17-22(20)29-18-19-9-7-6-8-10-19;;/h4,6-10,16-17,21,25H,1,5,11-15,18H2,2-3H3;2*1H/t21-;;/m1../s1. The number of piperazine rings is 1. The molecule has 1 heterocycles. The van der Waals surface area contributed by atoms with Crippen LogP contribution in [0.5, 0.6) is 17.2 Å². The van der Waals surface area contributed by atoms with Crippen molar-refractivity contribution in [2.24, 2.45) is 0 Å². The average Bonchev–Trinajstić information content (AvgIpc) is 2.79. The summed E-state index contributed by atoms with van der Waals surface area (Å²) in [6.07, 6.45) is 3.92. The number of hydrogen-bond acceptors (Lipinski definition) is 5. The molecule has 1 aliphatic heterocycles. The third kappa shape index (κ3) is 7.32. The Bertz CT molecular complexity index is 784. The van der Waals surface area contributed by atoms with Crippen LogP contribution in [0.4, 0.5) is 0 Å². The van der Waals surface area contributed by atoms with Gasteiger partial charge in [0.2, 0.25) is 0 Å². The van der Waals surface area contributed by atoms with Crippen LogP contribution in [-0.2, 0) is 6.61 Å². The van der Waals surface area contributed by atoms with E-state index in [-0.39, 0.29) is 30.9 Å². The minimum atomic E-state index is 0. The molecule has 2 aromatic rings. The lowest BCUT2D eigenvalue weighted by Crippen LogP contribution is -2.45. The van der Waals surface area contributed by atoms with Crippen molar-refractivity contribution in [2.75, 3.05) is 40.4 Å². The topological polar surface area (TPSA) is 43.0 Å². The number of nitrogens with one attached hydrogen (secondary N) is 1. The summed E-state index contributed by atoms with van der Waals surface area (Å²) in [6, 6.07) is 14.5. The van der Waals surface area contributed by atoms with Gasteiger partial charge >= 0.3 is 0 Å². The summed E-state index contributed by atoms with van der Waals surface area (Å²) in [7, 11) is 3.33. The van der Waals surface area contributed by atoms with E-state index >= 15 is 0 Å². The lowest BCUT2D eigenvalue weighted by Gasteiger charge is -2.36. The van der Waals surface area contributed by atoms with Crippen molar-refractivity contribution < 1.29 is 14.2 Å². The highest BCUT2D eigenvalue weighted by Gasteiger charge is 2.26. The molecule has 7 heteroatoms. The summed E-state index contributed by atoms with van der Waals surface area (Å²) in [4.78, 5) is 2.52. The van der Waals surface area contributed by atoms with Crippen LogP contribution in [0.2, 0.25) is 0 Å². The Kier molecular flexibility index (Phi) is 12.4. The highest BCUT2D eigenvalue weighted by Crippen LogP contribution is 2.41. The van der Waals surface area contributed by atoms with Crippen LogP contribution in [0.3, 0.4) is 0 Å². The number of hydrogen-bond donors (Lipinski definition) is 1. The van der Waals surface area contributed by atoms with Gasteiger partial charge in [-0.15, -0.1) is 31.4 Å². The number of halogens is 2. The van der Waals surface area contributed by atoms with Crippen LogP contribution in [0, 0.1) is 0 Å². The normalized spacial score (nSPS) is 14.5. The summed E-state index contributed by atoms with van der Waals surface area (Å²) in [6.45, 7) is 8.45. The lowest BCUT2D eigenvalue weighted by molar-refractivity contribution is 0.161. The first-order valence-corrected chi connectivity index (χ1v) is 10.2. The molecule has 1 atom stereocenters. The molecular formula is C24H34Cl2N2O3. The highest BCUT2D eigenvalue weighted by atomic mass is 35.5. The molecule has 1 fully saturated rings. The smallest absolute Gasteiger partial charge is 0.164 e. The molecule has 0 radical (unpaired) electrons. The maximum atomic E-state index is 6.31. The summed E-state index contributed by atoms with van der Waals surface area (Å²) in [5.74, 6) is 2.26. The van der Waals surface area contributed by atoms with E-state index in [1.807, 2.05) is 30.3 Å². The SMILES string of the molecule is C=CCC[C@H](c1cc(OC)c(OC)cc1OCc1ccccc1)N1CCNCC1.Cl.Cl. The van der Waals surface area contributed by atoms with E-state index in [1.165, 1.54) is 0 Å². The Morgan fingerprint density at radius 2 is 1.65 bits per heavy atom. The van der Waals surface area contributed by atoms with Crippen LogP contribution < -0.4 is 19.5 Å². The number of methoxy groups -OCH3 is 2. The van der Waals surface area contributed by atoms with Crippen molar-refractivity contribution in [3.63, 3.8) is 0 Å². The molecule has 0 unspecified atom stereocenters. The predicted octanol–water partition coefficient (Wildman–Crippen LogP) is 5.04. The molecule has 2 aromatic carbocycles. The number of rotatable bonds is 10. The summed E-state index contributed by atoms with van der Waals surface area (Å²) >= 11 is 0. The van der Waals surface area contributed by atoms with E-state index in [9.17, 15) is 0 Å².